The van der Waals surface area contributed by atoms with Gasteiger partial charge in [0.25, 0.3) is 17.5 Å². The molecule has 0 bridgehead atoms. The predicted octanol–water partition coefficient (Wildman–Crippen LogP) is 7.65. The summed E-state index contributed by atoms with van der Waals surface area (Å²) in [5.74, 6) is -2.00. The Balaban J connectivity index is 1.33. The van der Waals surface area contributed by atoms with E-state index in [2.05, 4.69) is 16.0 Å². The second kappa shape index (κ2) is 17.2. The summed E-state index contributed by atoms with van der Waals surface area (Å²) in [7, 11) is 0. The van der Waals surface area contributed by atoms with Crippen molar-refractivity contribution < 1.29 is 28.8 Å². The molecule has 0 saturated heterocycles. The standard InChI is InChI=1S/C39H32N4O7S/c1-2-50-39(47)28-17-19-30(20-18-28)41-38(46)35(26-11-5-3-6-12-26)51-32-23-21-31(22-24-32)40-37(45)33(42-36(44)27-13-7-4-8-14-27)25-29-15-9-10-16-34(29)43(48)49/h3-25,35H,2H2,1H3,(H,40,45)(H,41,46)(H,42,44)/b33-25-. The highest BCUT2D eigenvalue weighted by Crippen LogP contribution is 2.37. The molecule has 0 saturated carbocycles. The molecular formula is C39H32N4O7S. The SMILES string of the molecule is CCOC(=O)c1ccc(NC(=O)C(Sc2ccc(NC(=O)/C(=C/c3ccccc3[N+](=O)[O-])NC(=O)c3ccccc3)cc2)c2ccccc2)cc1. The fourth-order valence-electron chi connectivity index (χ4n) is 4.84. The molecule has 256 valence electrons. The van der Waals surface area contributed by atoms with Crippen molar-refractivity contribution in [2.24, 2.45) is 0 Å². The van der Waals surface area contributed by atoms with Crippen LogP contribution in [0.1, 0.15) is 44.0 Å². The Kier molecular flexibility index (Phi) is 12.1. The third kappa shape index (κ3) is 9.77. The van der Waals surface area contributed by atoms with Crippen molar-refractivity contribution in [3.63, 3.8) is 0 Å². The molecule has 0 fully saturated rings. The first kappa shape index (κ1) is 35.8. The monoisotopic (exact) mass is 700 g/mol. The first-order valence-corrected chi connectivity index (χ1v) is 16.6. The van der Waals surface area contributed by atoms with E-state index in [0.29, 0.717) is 22.5 Å². The number of anilines is 2. The molecule has 12 heteroatoms. The van der Waals surface area contributed by atoms with Crippen LogP contribution in [0.3, 0.4) is 0 Å². The molecule has 0 aliphatic heterocycles. The minimum absolute atomic E-state index is 0.132. The van der Waals surface area contributed by atoms with E-state index < -0.39 is 28.0 Å². The van der Waals surface area contributed by atoms with Gasteiger partial charge in [-0.25, -0.2) is 4.79 Å². The molecule has 1 atom stereocenters. The molecule has 3 amide bonds. The fraction of sp³-hybridized carbons (Fsp3) is 0.0769. The van der Waals surface area contributed by atoms with Crippen LogP contribution in [-0.4, -0.2) is 35.2 Å². The summed E-state index contributed by atoms with van der Waals surface area (Å²) in [5.41, 5.74) is 2.03. The van der Waals surface area contributed by atoms with Crippen molar-refractivity contribution >= 4 is 58.6 Å². The highest BCUT2D eigenvalue weighted by atomic mass is 32.2. The number of nitro benzene ring substituents is 1. The quantitative estimate of drug-likeness (QED) is 0.0372. The zero-order chi connectivity index (χ0) is 36.2. The number of nitrogens with one attached hydrogen (secondary N) is 3. The van der Waals surface area contributed by atoms with Gasteiger partial charge in [-0.3, -0.25) is 24.5 Å². The van der Waals surface area contributed by atoms with Gasteiger partial charge in [0.1, 0.15) is 10.9 Å². The number of para-hydroxylation sites is 1. The molecule has 3 N–H and O–H groups in total. The third-order valence-corrected chi connectivity index (χ3v) is 8.60. The molecule has 0 spiro atoms. The second-order valence-electron chi connectivity index (χ2n) is 10.9. The van der Waals surface area contributed by atoms with Gasteiger partial charge in [0, 0.05) is 27.9 Å². The van der Waals surface area contributed by atoms with Crippen molar-refractivity contribution in [2.45, 2.75) is 17.1 Å². The number of amides is 3. The van der Waals surface area contributed by atoms with Crippen LogP contribution in [0.25, 0.3) is 6.08 Å². The normalized spacial score (nSPS) is 11.5. The number of ether oxygens (including phenoxy) is 1. The highest BCUT2D eigenvalue weighted by Gasteiger charge is 2.23. The second-order valence-corrected chi connectivity index (χ2v) is 12.0. The van der Waals surface area contributed by atoms with Gasteiger partial charge >= 0.3 is 5.97 Å². The van der Waals surface area contributed by atoms with Crippen LogP contribution in [0.2, 0.25) is 0 Å². The Morgan fingerprint density at radius 1 is 0.745 bits per heavy atom. The molecule has 51 heavy (non-hydrogen) atoms. The van der Waals surface area contributed by atoms with E-state index >= 15 is 0 Å². The van der Waals surface area contributed by atoms with Crippen LogP contribution in [0.15, 0.2) is 144 Å². The molecule has 0 aromatic heterocycles. The van der Waals surface area contributed by atoms with Gasteiger partial charge in [-0.1, -0.05) is 60.7 Å². The van der Waals surface area contributed by atoms with Crippen LogP contribution in [0, 0.1) is 10.1 Å². The van der Waals surface area contributed by atoms with E-state index in [0.717, 1.165) is 10.5 Å². The van der Waals surface area contributed by atoms with Crippen LogP contribution in [0.5, 0.6) is 0 Å². The predicted molar refractivity (Wildman–Crippen MR) is 196 cm³/mol. The van der Waals surface area contributed by atoms with Gasteiger partial charge in [0.15, 0.2) is 0 Å². The smallest absolute Gasteiger partial charge is 0.338 e. The van der Waals surface area contributed by atoms with E-state index in [1.54, 1.807) is 91.9 Å². The number of carbonyl (C=O) groups is 4. The lowest BCUT2D eigenvalue weighted by atomic mass is 10.1. The molecule has 1 unspecified atom stereocenters. The summed E-state index contributed by atoms with van der Waals surface area (Å²) in [6.07, 6.45) is 1.26. The number of thioether (sulfide) groups is 1. The Hall–Kier alpha value is -6.53. The number of nitrogens with zero attached hydrogens (tertiary/aromatic N) is 1. The molecule has 5 aromatic rings. The summed E-state index contributed by atoms with van der Waals surface area (Å²) in [4.78, 5) is 63.9. The summed E-state index contributed by atoms with van der Waals surface area (Å²) < 4.78 is 5.03. The molecule has 0 aliphatic rings. The minimum Gasteiger partial charge on any atom is -0.462 e. The maximum Gasteiger partial charge on any atom is 0.338 e. The average molecular weight is 701 g/mol. The van der Waals surface area contributed by atoms with Crippen molar-refractivity contribution in [3.05, 3.63) is 172 Å². The molecule has 0 aliphatic carbocycles. The van der Waals surface area contributed by atoms with Crippen LogP contribution >= 0.6 is 11.8 Å². The topological polar surface area (TPSA) is 157 Å². The van der Waals surface area contributed by atoms with Gasteiger partial charge in [-0.05, 0) is 85.3 Å². The third-order valence-electron chi connectivity index (χ3n) is 7.33. The Morgan fingerprint density at radius 3 is 1.98 bits per heavy atom. The Morgan fingerprint density at radius 2 is 1.33 bits per heavy atom. The highest BCUT2D eigenvalue weighted by molar-refractivity contribution is 8.00. The number of carbonyl (C=O) groups excluding carboxylic acids is 4. The summed E-state index contributed by atoms with van der Waals surface area (Å²) >= 11 is 1.30. The van der Waals surface area contributed by atoms with Crippen LogP contribution in [0.4, 0.5) is 17.1 Å². The maximum atomic E-state index is 13.6. The van der Waals surface area contributed by atoms with Crippen LogP contribution in [-0.2, 0) is 14.3 Å². The summed E-state index contributed by atoms with van der Waals surface area (Å²) in [6.45, 7) is 1.98. The largest absolute Gasteiger partial charge is 0.462 e. The molecule has 0 radical (unpaired) electrons. The lowest BCUT2D eigenvalue weighted by Crippen LogP contribution is -2.30. The molecule has 11 nitrogen and oxygen atoms in total. The first-order valence-electron chi connectivity index (χ1n) is 15.7. The van der Waals surface area contributed by atoms with Gasteiger partial charge in [-0.15, -0.1) is 11.8 Å². The Labute approximate surface area is 297 Å². The van der Waals surface area contributed by atoms with E-state index in [-0.39, 0.29) is 29.5 Å². The van der Waals surface area contributed by atoms with E-state index in [9.17, 15) is 29.3 Å². The van der Waals surface area contributed by atoms with E-state index in [1.807, 2.05) is 30.3 Å². The maximum absolute atomic E-state index is 13.6. The van der Waals surface area contributed by atoms with Gasteiger partial charge in [0.2, 0.25) is 5.91 Å². The molecule has 5 rings (SSSR count). The summed E-state index contributed by atoms with van der Waals surface area (Å²) in [6, 6.07) is 36.6. The number of hydrogen-bond donors (Lipinski definition) is 3. The van der Waals surface area contributed by atoms with E-state index in [1.165, 1.54) is 36.0 Å². The Bertz CT molecular complexity index is 2050. The molecular weight excluding hydrogens is 669 g/mol. The van der Waals surface area contributed by atoms with Crippen LogP contribution < -0.4 is 16.0 Å². The average Bonchev–Trinajstić information content (AvgIpc) is 3.15. The van der Waals surface area contributed by atoms with Gasteiger partial charge < -0.3 is 20.7 Å². The lowest BCUT2D eigenvalue weighted by molar-refractivity contribution is -0.385. The van der Waals surface area contributed by atoms with Gasteiger partial charge in [0.05, 0.1) is 22.7 Å². The zero-order valence-corrected chi connectivity index (χ0v) is 28.1. The van der Waals surface area contributed by atoms with Crippen molar-refractivity contribution in [2.75, 3.05) is 17.2 Å². The first-order chi connectivity index (χ1) is 24.7. The lowest BCUT2D eigenvalue weighted by Gasteiger charge is -2.18. The summed E-state index contributed by atoms with van der Waals surface area (Å²) in [5, 5.41) is 19.2. The van der Waals surface area contributed by atoms with Crippen molar-refractivity contribution in [1.29, 1.82) is 0 Å². The fourth-order valence-corrected chi connectivity index (χ4v) is 5.86. The zero-order valence-electron chi connectivity index (χ0n) is 27.3. The molecule has 5 aromatic carbocycles. The van der Waals surface area contributed by atoms with Crippen molar-refractivity contribution in [3.8, 4) is 0 Å². The number of hydrogen-bond acceptors (Lipinski definition) is 8. The minimum atomic E-state index is -0.701. The number of esters is 1. The van der Waals surface area contributed by atoms with E-state index in [4.69, 9.17) is 4.74 Å². The number of rotatable bonds is 13. The number of nitro groups is 1. The number of benzene rings is 5. The van der Waals surface area contributed by atoms with Crippen molar-refractivity contribution in [1.82, 2.24) is 5.32 Å². The van der Waals surface area contributed by atoms with Gasteiger partial charge in [-0.2, -0.15) is 0 Å². The molecule has 0 heterocycles.